The van der Waals surface area contributed by atoms with Crippen molar-refractivity contribution in [1.82, 2.24) is 19.5 Å². The van der Waals surface area contributed by atoms with Crippen LogP contribution in [0.3, 0.4) is 0 Å². The number of hydrogen-bond donors (Lipinski definition) is 2. The van der Waals surface area contributed by atoms with Gasteiger partial charge >= 0.3 is 6.01 Å². The third-order valence-corrected chi connectivity index (χ3v) is 6.83. The van der Waals surface area contributed by atoms with Crippen LogP contribution in [0.15, 0.2) is 36.7 Å². The summed E-state index contributed by atoms with van der Waals surface area (Å²) in [6, 6.07) is 8.92. The van der Waals surface area contributed by atoms with Gasteiger partial charge in [-0.3, -0.25) is 14.2 Å². The molecule has 12 nitrogen and oxygen atoms in total. The lowest BCUT2D eigenvalue weighted by atomic mass is 10.1. The van der Waals surface area contributed by atoms with E-state index in [1.807, 2.05) is 6.07 Å². The van der Waals surface area contributed by atoms with Crippen molar-refractivity contribution < 1.29 is 28.5 Å². The van der Waals surface area contributed by atoms with Gasteiger partial charge in [0.25, 0.3) is 5.91 Å². The molecule has 0 unspecified atom stereocenters. The number of imidazole rings is 1. The third-order valence-electron chi connectivity index (χ3n) is 6.83. The Hall–Kier alpha value is -3.61. The molecular formula is C25H28N6O6. The summed E-state index contributed by atoms with van der Waals surface area (Å²) in [5.74, 6) is -1.72. The molecule has 2 aliphatic heterocycles. The van der Waals surface area contributed by atoms with Crippen LogP contribution in [-0.2, 0) is 19.0 Å². The van der Waals surface area contributed by atoms with Crippen molar-refractivity contribution in [1.29, 1.82) is 0 Å². The summed E-state index contributed by atoms with van der Waals surface area (Å²) in [4.78, 5) is 38.7. The van der Waals surface area contributed by atoms with E-state index in [0.717, 1.165) is 25.7 Å². The number of anilines is 1. The SMILES string of the molecule is CC1(C)O[C@@H]2[C@H](O1)[C@@H](C(N)=O)O[C@H]2n1cnc2c(NC(=O)c3ccccc3)nc(OC3CCCC3)nc21. The Kier molecular flexibility index (Phi) is 5.81. The van der Waals surface area contributed by atoms with E-state index in [4.69, 9.17) is 24.7 Å². The average Bonchev–Trinajstić information content (AvgIpc) is 3.63. The molecule has 2 saturated heterocycles. The number of benzene rings is 1. The predicted molar refractivity (Wildman–Crippen MR) is 130 cm³/mol. The van der Waals surface area contributed by atoms with Crippen molar-refractivity contribution in [3.05, 3.63) is 42.2 Å². The molecule has 1 aliphatic carbocycles. The van der Waals surface area contributed by atoms with Gasteiger partial charge in [-0.2, -0.15) is 9.97 Å². The zero-order valence-corrected chi connectivity index (χ0v) is 20.5. The number of aromatic nitrogens is 4. The lowest BCUT2D eigenvalue weighted by molar-refractivity contribution is -0.196. The highest BCUT2D eigenvalue weighted by atomic mass is 16.8. The van der Waals surface area contributed by atoms with Crippen molar-refractivity contribution in [2.75, 3.05) is 5.32 Å². The lowest BCUT2D eigenvalue weighted by Crippen LogP contribution is -2.39. The molecule has 2 aromatic heterocycles. The number of fused-ring (bicyclic) bond motifs is 2. The minimum atomic E-state index is -1.01. The van der Waals surface area contributed by atoms with Gasteiger partial charge in [0, 0.05) is 5.56 Å². The van der Waals surface area contributed by atoms with Gasteiger partial charge in [-0.05, 0) is 51.7 Å². The Morgan fingerprint density at radius 3 is 2.57 bits per heavy atom. The van der Waals surface area contributed by atoms with Crippen LogP contribution in [0.25, 0.3) is 11.2 Å². The fourth-order valence-corrected chi connectivity index (χ4v) is 5.18. The number of amides is 2. The summed E-state index contributed by atoms with van der Waals surface area (Å²) in [5, 5.41) is 2.84. The van der Waals surface area contributed by atoms with Gasteiger partial charge < -0.3 is 30.0 Å². The second-order valence-corrected chi connectivity index (χ2v) is 9.94. The van der Waals surface area contributed by atoms with Crippen LogP contribution in [0.2, 0.25) is 0 Å². The molecular weight excluding hydrogens is 480 g/mol. The number of primary amides is 1. The monoisotopic (exact) mass is 508 g/mol. The van der Waals surface area contributed by atoms with Crippen LogP contribution < -0.4 is 15.8 Å². The van der Waals surface area contributed by atoms with E-state index < -0.39 is 36.2 Å². The Balaban J connectivity index is 1.40. The van der Waals surface area contributed by atoms with Crippen molar-refractivity contribution in [3.63, 3.8) is 0 Å². The van der Waals surface area contributed by atoms with Crippen LogP contribution in [0.1, 0.15) is 56.1 Å². The van der Waals surface area contributed by atoms with Crippen molar-refractivity contribution in [3.8, 4) is 6.01 Å². The fraction of sp³-hybridized carbons (Fsp3) is 0.480. The molecule has 1 aromatic carbocycles. The molecule has 6 rings (SSSR count). The molecule has 4 atom stereocenters. The van der Waals surface area contributed by atoms with Crippen LogP contribution in [0.5, 0.6) is 6.01 Å². The van der Waals surface area contributed by atoms with E-state index in [1.54, 1.807) is 42.7 Å². The number of nitrogens with zero attached hydrogens (tertiary/aromatic N) is 4. The molecule has 12 heteroatoms. The van der Waals surface area contributed by atoms with Crippen molar-refractivity contribution in [2.24, 2.45) is 5.73 Å². The number of ether oxygens (including phenoxy) is 4. The highest BCUT2D eigenvalue weighted by molar-refractivity contribution is 6.06. The van der Waals surface area contributed by atoms with Gasteiger partial charge in [-0.15, -0.1) is 0 Å². The second kappa shape index (κ2) is 9.05. The van der Waals surface area contributed by atoms with E-state index in [1.165, 1.54) is 6.33 Å². The number of carbonyl (C=O) groups excluding carboxylic acids is 2. The van der Waals surface area contributed by atoms with Crippen LogP contribution in [-0.4, -0.2) is 61.5 Å². The molecule has 3 fully saturated rings. The summed E-state index contributed by atoms with van der Waals surface area (Å²) >= 11 is 0. The molecule has 0 radical (unpaired) electrons. The summed E-state index contributed by atoms with van der Waals surface area (Å²) in [6.45, 7) is 3.53. The molecule has 3 N–H and O–H groups in total. The Labute approximate surface area is 212 Å². The first-order valence-electron chi connectivity index (χ1n) is 12.4. The number of carbonyl (C=O) groups is 2. The standard InChI is InChI=1S/C25H28N6O6/c1-25(2)36-16-17(19(26)32)35-23(18(16)37-25)31-12-27-15-20(28-22(33)13-8-4-3-5-9-13)29-24(30-21(15)31)34-14-10-6-7-11-14/h3-5,8-9,12,14,16-18,23H,6-7,10-11H2,1-2H3,(H2,26,32)(H,28,29,30,33)/t16-,17+,18-,23-/m1/s1. The second-order valence-electron chi connectivity index (χ2n) is 9.94. The summed E-state index contributed by atoms with van der Waals surface area (Å²) in [6.07, 6.45) is 2.31. The molecule has 4 heterocycles. The molecule has 3 aromatic rings. The molecule has 1 saturated carbocycles. The van der Waals surface area contributed by atoms with E-state index in [0.29, 0.717) is 16.7 Å². The van der Waals surface area contributed by atoms with Crippen LogP contribution in [0.4, 0.5) is 5.82 Å². The van der Waals surface area contributed by atoms with Gasteiger partial charge in [0.05, 0.1) is 6.33 Å². The van der Waals surface area contributed by atoms with Crippen LogP contribution in [0, 0.1) is 0 Å². The molecule has 0 spiro atoms. The Bertz CT molecular complexity index is 1340. The molecule has 37 heavy (non-hydrogen) atoms. The zero-order chi connectivity index (χ0) is 25.7. The van der Waals surface area contributed by atoms with Crippen molar-refractivity contribution in [2.45, 2.75) is 76.0 Å². The van der Waals surface area contributed by atoms with Gasteiger partial charge in [-0.25, -0.2) is 4.98 Å². The number of nitrogens with one attached hydrogen (secondary N) is 1. The first-order valence-corrected chi connectivity index (χ1v) is 12.4. The summed E-state index contributed by atoms with van der Waals surface area (Å²) in [5.41, 5.74) is 6.76. The maximum absolute atomic E-state index is 13.0. The fourth-order valence-electron chi connectivity index (χ4n) is 5.18. The number of nitrogens with two attached hydrogens (primary N) is 1. The van der Waals surface area contributed by atoms with Gasteiger partial charge in [0.15, 0.2) is 35.1 Å². The highest BCUT2D eigenvalue weighted by Gasteiger charge is 2.58. The quantitative estimate of drug-likeness (QED) is 0.511. The Morgan fingerprint density at radius 2 is 1.84 bits per heavy atom. The van der Waals surface area contributed by atoms with Gasteiger partial charge in [0.1, 0.15) is 18.3 Å². The van der Waals surface area contributed by atoms with Crippen molar-refractivity contribution >= 4 is 28.8 Å². The summed E-state index contributed by atoms with van der Waals surface area (Å²) < 4.78 is 25.8. The zero-order valence-electron chi connectivity index (χ0n) is 20.5. The topological polar surface area (TPSA) is 153 Å². The van der Waals surface area contributed by atoms with E-state index in [9.17, 15) is 9.59 Å². The minimum Gasteiger partial charge on any atom is -0.460 e. The van der Waals surface area contributed by atoms with E-state index in [2.05, 4.69) is 20.3 Å². The Morgan fingerprint density at radius 1 is 1.11 bits per heavy atom. The molecule has 0 bridgehead atoms. The lowest BCUT2D eigenvalue weighted by Gasteiger charge is -2.24. The molecule has 194 valence electrons. The average molecular weight is 509 g/mol. The third kappa shape index (κ3) is 4.41. The van der Waals surface area contributed by atoms with Gasteiger partial charge in [-0.1, -0.05) is 18.2 Å². The summed E-state index contributed by atoms with van der Waals surface area (Å²) in [7, 11) is 0. The normalized spacial score (nSPS) is 26.9. The maximum Gasteiger partial charge on any atom is 0.320 e. The minimum absolute atomic E-state index is 0.00906. The first kappa shape index (κ1) is 23.8. The van der Waals surface area contributed by atoms with Gasteiger partial charge in [0.2, 0.25) is 5.91 Å². The number of hydrogen-bond acceptors (Lipinski definition) is 9. The number of rotatable bonds is 6. The maximum atomic E-state index is 13.0. The molecule has 3 aliphatic rings. The predicted octanol–water partition coefficient (Wildman–Crippen LogP) is 2.30. The highest BCUT2D eigenvalue weighted by Crippen LogP contribution is 2.44. The van der Waals surface area contributed by atoms with E-state index >= 15 is 0 Å². The molecule has 2 amide bonds. The largest absolute Gasteiger partial charge is 0.460 e. The van der Waals surface area contributed by atoms with Crippen LogP contribution >= 0.6 is 0 Å². The first-order chi connectivity index (χ1) is 17.8. The van der Waals surface area contributed by atoms with E-state index in [-0.39, 0.29) is 23.8 Å². The smallest absolute Gasteiger partial charge is 0.320 e.